The Morgan fingerprint density at radius 3 is 2.46 bits per heavy atom. The van der Waals surface area contributed by atoms with Crippen molar-refractivity contribution in [3.63, 3.8) is 0 Å². The molecular formula is C20H20FNO4. The Labute approximate surface area is 150 Å². The highest BCUT2D eigenvalue weighted by molar-refractivity contribution is 5.95. The topological polar surface area (TPSA) is 67.8 Å². The van der Waals surface area contributed by atoms with Crippen molar-refractivity contribution in [2.24, 2.45) is 5.92 Å². The molecule has 1 saturated carbocycles. The minimum Gasteiger partial charge on any atom is -0.486 e. The van der Waals surface area contributed by atoms with Gasteiger partial charge in [-0.2, -0.15) is 0 Å². The van der Waals surface area contributed by atoms with Crippen LogP contribution in [0.2, 0.25) is 0 Å². The van der Waals surface area contributed by atoms with Crippen molar-refractivity contribution in [3.05, 3.63) is 59.4 Å². The first kappa shape index (κ1) is 16.8. The van der Waals surface area contributed by atoms with Gasteiger partial charge in [-0.25, -0.2) is 4.39 Å². The second kappa shape index (κ2) is 6.96. The van der Waals surface area contributed by atoms with Gasteiger partial charge in [-0.05, 0) is 54.7 Å². The van der Waals surface area contributed by atoms with E-state index < -0.39 is 0 Å². The zero-order valence-corrected chi connectivity index (χ0v) is 14.2. The van der Waals surface area contributed by atoms with Gasteiger partial charge in [0.1, 0.15) is 19.0 Å². The number of hydrogen-bond acceptors (Lipinski definition) is 4. The van der Waals surface area contributed by atoms with Crippen LogP contribution in [0.1, 0.15) is 34.8 Å². The number of carbonyl (C=O) groups is 1. The zero-order valence-electron chi connectivity index (χ0n) is 14.2. The Hall–Kier alpha value is -2.60. The van der Waals surface area contributed by atoms with Crippen molar-refractivity contribution in [1.82, 2.24) is 5.32 Å². The summed E-state index contributed by atoms with van der Waals surface area (Å²) in [4.78, 5) is 12.8. The molecule has 1 fully saturated rings. The van der Waals surface area contributed by atoms with Crippen LogP contribution in [0.15, 0.2) is 42.5 Å². The fourth-order valence-corrected chi connectivity index (χ4v) is 3.45. The molecule has 2 N–H and O–H groups in total. The quantitative estimate of drug-likeness (QED) is 0.883. The van der Waals surface area contributed by atoms with E-state index in [9.17, 15) is 14.3 Å². The lowest BCUT2D eigenvalue weighted by Crippen LogP contribution is -2.41. The van der Waals surface area contributed by atoms with Crippen LogP contribution in [0.4, 0.5) is 4.39 Å². The number of fused-ring (bicyclic) bond motifs is 1. The van der Waals surface area contributed by atoms with E-state index in [-0.39, 0.29) is 29.8 Å². The minimum absolute atomic E-state index is 0.122. The van der Waals surface area contributed by atoms with Gasteiger partial charge in [0.25, 0.3) is 5.91 Å². The summed E-state index contributed by atoms with van der Waals surface area (Å²) in [5.74, 6) is 0.750. The molecule has 26 heavy (non-hydrogen) atoms. The first-order chi connectivity index (χ1) is 12.6. The molecule has 1 heterocycles. The first-order valence-corrected chi connectivity index (χ1v) is 8.74. The summed E-state index contributed by atoms with van der Waals surface area (Å²) >= 11 is 0. The Balaban J connectivity index is 1.55. The highest BCUT2D eigenvalue weighted by Crippen LogP contribution is 2.38. The summed E-state index contributed by atoms with van der Waals surface area (Å²) in [6.45, 7) is 0.950. The predicted molar refractivity (Wildman–Crippen MR) is 92.8 cm³/mol. The van der Waals surface area contributed by atoms with Crippen LogP contribution in [0.5, 0.6) is 11.5 Å². The highest BCUT2D eigenvalue weighted by Gasteiger charge is 2.36. The van der Waals surface area contributed by atoms with Crippen molar-refractivity contribution in [2.75, 3.05) is 13.2 Å². The number of aliphatic hydroxyl groups is 1. The van der Waals surface area contributed by atoms with Gasteiger partial charge in [-0.15, -0.1) is 0 Å². The number of halogens is 1. The van der Waals surface area contributed by atoms with Gasteiger partial charge in [-0.3, -0.25) is 4.79 Å². The van der Waals surface area contributed by atoms with E-state index in [2.05, 4.69) is 5.32 Å². The molecular weight excluding hydrogens is 337 g/mol. The summed E-state index contributed by atoms with van der Waals surface area (Å²) in [5.41, 5.74) is 1.30. The van der Waals surface area contributed by atoms with Gasteiger partial charge in [0, 0.05) is 5.56 Å². The third-order valence-corrected chi connectivity index (χ3v) is 4.94. The molecule has 0 radical (unpaired) electrons. The van der Waals surface area contributed by atoms with Crippen molar-refractivity contribution >= 4 is 5.91 Å². The third-order valence-electron chi connectivity index (χ3n) is 4.94. The molecule has 6 heteroatoms. The number of aliphatic hydroxyl groups excluding tert-OH is 1. The Morgan fingerprint density at radius 2 is 1.77 bits per heavy atom. The Kier molecular flexibility index (Phi) is 4.51. The minimum atomic E-state index is -0.339. The summed E-state index contributed by atoms with van der Waals surface area (Å²) in [6, 6.07) is 10.9. The van der Waals surface area contributed by atoms with Gasteiger partial charge < -0.3 is 19.9 Å². The fourth-order valence-electron chi connectivity index (χ4n) is 3.45. The number of ether oxygens (including phenoxy) is 2. The largest absolute Gasteiger partial charge is 0.486 e. The molecule has 1 amide bonds. The van der Waals surface area contributed by atoms with Crippen molar-refractivity contribution in [2.45, 2.75) is 25.0 Å². The van der Waals surface area contributed by atoms with Crippen LogP contribution in [-0.2, 0) is 0 Å². The molecule has 2 aliphatic rings. The number of amides is 1. The monoisotopic (exact) mass is 357 g/mol. The van der Waals surface area contributed by atoms with Gasteiger partial charge >= 0.3 is 0 Å². The predicted octanol–water partition coefficient (Wildman–Crippen LogP) is 2.84. The van der Waals surface area contributed by atoms with Gasteiger partial charge in [0.15, 0.2) is 11.5 Å². The van der Waals surface area contributed by atoms with Crippen LogP contribution < -0.4 is 14.8 Å². The van der Waals surface area contributed by atoms with E-state index in [1.165, 1.54) is 12.1 Å². The van der Waals surface area contributed by atoms with Gasteiger partial charge in [0.05, 0.1) is 12.1 Å². The van der Waals surface area contributed by atoms with E-state index in [1.807, 2.05) is 0 Å². The van der Waals surface area contributed by atoms with Crippen molar-refractivity contribution in [1.29, 1.82) is 0 Å². The summed E-state index contributed by atoms with van der Waals surface area (Å²) < 4.78 is 24.3. The number of carbonyl (C=O) groups excluding carboxylic acids is 1. The Bertz CT molecular complexity index is 802. The molecule has 0 spiro atoms. The molecule has 2 aromatic carbocycles. The van der Waals surface area contributed by atoms with Crippen LogP contribution in [0, 0.1) is 11.7 Å². The van der Waals surface area contributed by atoms with Crippen LogP contribution in [0.3, 0.4) is 0 Å². The summed E-state index contributed by atoms with van der Waals surface area (Å²) in [6.07, 6.45) is 0.890. The maximum Gasteiger partial charge on any atom is 0.251 e. The highest BCUT2D eigenvalue weighted by atomic mass is 19.1. The van der Waals surface area contributed by atoms with E-state index in [0.717, 1.165) is 5.56 Å². The molecule has 5 nitrogen and oxygen atoms in total. The number of nitrogens with one attached hydrogen (secondary N) is 1. The van der Waals surface area contributed by atoms with Gasteiger partial charge in [0.2, 0.25) is 0 Å². The third kappa shape index (κ3) is 3.37. The summed E-state index contributed by atoms with van der Waals surface area (Å²) in [7, 11) is 0. The van der Waals surface area contributed by atoms with E-state index in [1.54, 1.807) is 30.3 Å². The molecule has 1 unspecified atom stereocenters. The lowest BCUT2D eigenvalue weighted by molar-refractivity contribution is 0.0235. The van der Waals surface area contributed by atoms with Crippen molar-refractivity contribution in [3.8, 4) is 11.5 Å². The lowest BCUT2D eigenvalue weighted by Gasteiger charge is -2.38. The standard InChI is InChI=1S/C20H20FNO4/c21-15-4-1-12(2-5-15)19(14-9-16(23)10-14)22-20(24)13-3-6-17-18(11-13)26-8-7-25-17/h1-6,11,14,16,19,23H,7-10H2,(H,22,24). The Morgan fingerprint density at radius 1 is 1.08 bits per heavy atom. The molecule has 1 aliphatic carbocycles. The molecule has 1 aliphatic heterocycles. The van der Waals surface area contributed by atoms with E-state index in [0.29, 0.717) is 43.1 Å². The number of hydrogen-bond donors (Lipinski definition) is 2. The second-order valence-corrected chi connectivity index (χ2v) is 6.75. The van der Waals surface area contributed by atoms with Crippen LogP contribution in [0.25, 0.3) is 0 Å². The van der Waals surface area contributed by atoms with E-state index >= 15 is 0 Å². The number of benzene rings is 2. The average Bonchev–Trinajstić information content (AvgIpc) is 2.64. The summed E-state index contributed by atoms with van der Waals surface area (Å²) in [5, 5.41) is 12.7. The van der Waals surface area contributed by atoms with Crippen LogP contribution >= 0.6 is 0 Å². The second-order valence-electron chi connectivity index (χ2n) is 6.75. The SMILES string of the molecule is O=C(NC(c1ccc(F)cc1)C1CC(O)C1)c1ccc2c(c1)OCCO2. The molecule has 0 aromatic heterocycles. The molecule has 4 rings (SSSR count). The van der Waals surface area contributed by atoms with Gasteiger partial charge in [-0.1, -0.05) is 12.1 Å². The molecule has 0 saturated heterocycles. The lowest BCUT2D eigenvalue weighted by atomic mass is 9.75. The molecule has 1 atom stereocenters. The van der Waals surface area contributed by atoms with Crippen molar-refractivity contribution < 1.29 is 23.8 Å². The maximum absolute atomic E-state index is 13.2. The normalized spacial score (nSPS) is 22.2. The first-order valence-electron chi connectivity index (χ1n) is 8.74. The van der Waals surface area contributed by atoms with E-state index in [4.69, 9.17) is 9.47 Å². The number of rotatable bonds is 4. The zero-order chi connectivity index (χ0) is 18.1. The average molecular weight is 357 g/mol. The fraction of sp³-hybridized carbons (Fsp3) is 0.350. The molecule has 136 valence electrons. The van der Waals surface area contributed by atoms with Crippen LogP contribution in [-0.4, -0.2) is 30.3 Å². The molecule has 0 bridgehead atoms. The smallest absolute Gasteiger partial charge is 0.251 e. The molecule has 2 aromatic rings. The maximum atomic E-state index is 13.2.